The zero-order chi connectivity index (χ0) is 16.1. The molecule has 0 aliphatic carbocycles. The molecule has 8 heteroatoms. The van der Waals surface area contributed by atoms with E-state index in [2.05, 4.69) is 30.9 Å². The quantitative estimate of drug-likeness (QED) is 0.546. The summed E-state index contributed by atoms with van der Waals surface area (Å²) in [7, 11) is 0. The van der Waals surface area contributed by atoms with E-state index in [1.807, 2.05) is 42.5 Å². The summed E-state index contributed by atoms with van der Waals surface area (Å²) in [6.07, 6.45) is 1.79. The van der Waals surface area contributed by atoms with Crippen molar-refractivity contribution in [2.45, 2.75) is 13.5 Å². The topological polar surface area (TPSA) is 101 Å². The van der Waals surface area contributed by atoms with E-state index >= 15 is 0 Å². The summed E-state index contributed by atoms with van der Waals surface area (Å²) in [5.41, 5.74) is 4.84. The molecule has 0 aliphatic rings. The maximum atomic E-state index is 11.9. The predicted molar refractivity (Wildman–Crippen MR) is 84.4 cm³/mol. The van der Waals surface area contributed by atoms with E-state index in [9.17, 15) is 4.79 Å². The average Bonchev–Trinajstić information content (AvgIpc) is 3.25. The monoisotopic (exact) mass is 309 g/mol. The zero-order valence-electron chi connectivity index (χ0n) is 12.5. The molecule has 2 aromatic heterocycles. The van der Waals surface area contributed by atoms with Crippen LogP contribution in [0.2, 0.25) is 0 Å². The highest BCUT2D eigenvalue weighted by Crippen LogP contribution is 2.11. The average molecular weight is 309 g/mol. The lowest BCUT2D eigenvalue weighted by Gasteiger charge is -2.00. The second-order valence-corrected chi connectivity index (χ2v) is 4.83. The lowest BCUT2D eigenvalue weighted by atomic mass is 10.2. The summed E-state index contributed by atoms with van der Waals surface area (Å²) in [6, 6.07) is 13.2. The van der Waals surface area contributed by atoms with Gasteiger partial charge in [-0.15, -0.1) is 10.2 Å². The van der Waals surface area contributed by atoms with Gasteiger partial charge in [-0.05, 0) is 24.3 Å². The minimum Gasteiger partial charge on any atom is -0.360 e. The van der Waals surface area contributed by atoms with Crippen LogP contribution in [-0.2, 0) is 11.3 Å². The number of H-pyrrole nitrogens is 1. The molecular weight excluding hydrogens is 294 g/mol. The number of aromatic nitrogens is 5. The van der Waals surface area contributed by atoms with Gasteiger partial charge in [-0.2, -0.15) is 9.90 Å². The number of hydrogen-bond acceptors (Lipinski definition) is 5. The zero-order valence-corrected chi connectivity index (χ0v) is 12.5. The first-order chi connectivity index (χ1) is 11.2. The molecule has 2 heterocycles. The fraction of sp³-hybridized carbons (Fsp3) is 0.133. The number of nitrogens with zero attached hydrogens (tertiary/aromatic N) is 5. The number of tetrazole rings is 1. The molecule has 8 nitrogen and oxygen atoms in total. The number of rotatable bonds is 5. The summed E-state index contributed by atoms with van der Waals surface area (Å²) in [4.78, 5) is 16.1. The van der Waals surface area contributed by atoms with E-state index in [1.165, 1.54) is 4.80 Å². The maximum absolute atomic E-state index is 11.9. The molecule has 1 aromatic carbocycles. The minimum absolute atomic E-state index is 0.0542. The van der Waals surface area contributed by atoms with Gasteiger partial charge in [0.15, 0.2) is 0 Å². The second kappa shape index (κ2) is 6.65. The van der Waals surface area contributed by atoms with Crippen molar-refractivity contribution in [3.05, 3.63) is 54.4 Å². The van der Waals surface area contributed by atoms with Gasteiger partial charge in [0, 0.05) is 11.8 Å². The Hall–Kier alpha value is -3.29. The highest BCUT2D eigenvalue weighted by Gasteiger charge is 2.08. The Balaban J connectivity index is 1.60. The number of hydrogen-bond donors (Lipinski definition) is 2. The third kappa shape index (κ3) is 3.67. The van der Waals surface area contributed by atoms with Crippen LogP contribution >= 0.6 is 0 Å². The van der Waals surface area contributed by atoms with Crippen molar-refractivity contribution in [3.8, 4) is 11.4 Å². The van der Waals surface area contributed by atoms with Crippen molar-refractivity contribution in [2.75, 3.05) is 0 Å². The summed E-state index contributed by atoms with van der Waals surface area (Å²) in [5.74, 6) is 0.150. The van der Waals surface area contributed by atoms with Crippen LogP contribution in [0.3, 0.4) is 0 Å². The Morgan fingerprint density at radius 1 is 1.26 bits per heavy atom. The number of nitrogens with one attached hydrogen (secondary N) is 2. The van der Waals surface area contributed by atoms with Gasteiger partial charge >= 0.3 is 0 Å². The van der Waals surface area contributed by atoms with Crippen molar-refractivity contribution in [3.63, 3.8) is 0 Å². The minimum atomic E-state index is -0.326. The lowest BCUT2D eigenvalue weighted by Crippen LogP contribution is -2.25. The van der Waals surface area contributed by atoms with Gasteiger partial charge in [0.2, 0.25) is 5.82 Å². The third-order valence-electron chi connectivity index (χ3n) is 3.11. The van der Waals surface area contributed by atoms with Crippen molar-refractivity contribution < 1.29 is 4.79 Å². The fourth-order valence-corrected chi connectivity index (χ4v) is 1.94. The van der Waals surface area contributed by atoms with E-state index in [1.54, 1.807) is 13.1 Å². The molecule has 116 valence electrons. The van der Waals surface area contributed by atoms with E-state index in [0.717, 1.165) is 11.3 Å². The number of aromatic amines is 1. The van der Waals surface area contributed by atoms with E-state index in [-0.39, 0.29) is 12.5 Å². The molecule has 2 N–H and O–H groups in total. The molecule has 0 aliphatic heterocycles. The number of hydrazone groups is 1. The van der Waals surface area contributed by atoms with Gasteiger partial charge in [-0.3, -0.25) is 4.79 Å². The first-order valence-electron chi connectivity index (χ1n) is 7.02. The molecule has 1 amide bonds. The van der Waals surface area contributed by atoms with Crippen LogP contribution in [0.1, 0.15) is 12.6 Å². The third-order valence-corrected chi connectivity index (χ3v) is 3.11. The van der Waals surface area contributed by atoms with Crippen molar-refractivity contribution in [1.82, 2.24) is 30.6 Å². The Morgan fingerprint density at radius 2 is 2.09 bits per heavy atom. The Labute approximate surface area is 132 Å². The van der Waals surface area contributed by atoms with Crippen LogP contribution in [0.4, 0.5) is 0 Å². The molecule has 3 aromatic rings. The van der Waals surface area contributed by atoms with Crippen LogP contribution < -0.4 is 5.43 Å². The maximum Gasteiger partial charge on any atom is 0.263 e. The number of carbonyl (C=O) groups is 1. The van der Waals surface area contributed by atoms with Gasteiger partial charge in [0.1, 0.15) is 6.54 Å². The van der Waals surface area contributed by atoms with E-state index < -0.39 is 0 Å². The predicted octanol–water partition coefficient (Wildman–Crippen LogP) is 1.21. The lowest BCUT2D eigenvalue weighted by molar-refractivity contribution is -0.122. The summed E-state index contributed by atoms with van der Waals surface area (Å²) < 4.78 is 0. The molecule has 0 saturated carbocycles. The number of benzene rings is 1. The Kier molecular flexibility index (Phi) is 4.23. The first kappa shape index (κ1) is 14.6. The van der Waals surface area contributed by atoms with E-state index in [4.69, 9.17) is 0 Å². The van der Waals surface area contributed by atoms with Gasteiger partial charge < -0.3 is 4.98 Å². The van der Waals surface area contributed by atoms with Gasteiger partial charge in [-0.1, -0.05) is 30.3 Å². The van der Waals surface area contributed by atoms with Crippen LogP contribution in [0.25, 0.3) is 11.4 Å². The number of carbonyl (C=O) groups excluding carboxylic acids is 1. The molecule has 0 spiro atoms. The molecule has 0 atom stereocenters. The van der Waals surface area contributed by atoms with Crippen LogP contribution in [0, 0.1) is 0 Å². The SMILES string of the molecule is C/C(=N\NC(=O)Cn1nnc(-c2ccccc2)n1)c1ccc[nH]1. The Morgan fingerprint density at radius 3 is 2.83 bits per heavy atom. The molecular formula is C15H15N7O. The van der Waals surface area contributed by atoms with Crippen molar-refractivity contribution in [2.24, 2.45) is 5.10 Å². The van der Waals surface area contributed by atoms with Crippen molar-refractivity contribution in [1.29, 1.82) is 0 Å². The second-order valence-electron chi connectivity index (χ2n) is 4.83. The molecule has 0 radical (unpaired) electrons. The summed E-state index contributed by atoms with van der Waals surface area (Å²) in [5, 5.41) is 16.0. The number of amides is 1. The molecule has 0 saturated heterocycles. The van der Waals surface area contributed by atoms with Gasteiger partial charge in [-0.25, -0.2) is 5.43 Å². The normalized spacial score (nSPS) is 11.4. The van der Waals surface area contributed by atoms with Crippen LogP contribution in [-0.4, -0.2) is 36.8 Å². The Bertz CT molecular complexity index is 805. The highest BCUT2D eigenvalue weighted by atomic mass is 16.2. The standard InChI is InChI=1S/C15H15N7O/c1-11(13-8-5-9-16-13)17-18-14(23)10-22-20-15(19-21-22)12-6-3-2-4-7-12/h2-9,16H,10H2,1H3,(H,18,23)/b17-11+. The van der Waals surface area contributed by atoms with Gasteiger partial charge in [0.25, 0.3) is 5.91 Å². The fourth-order valence-electron chi connectivity index (χ4n) is 1.94. The molecule has 0 fully saturated rings. The highest BCUT2D eigenvalue weighted by molar-refractivity contribution is 5.97. The molecule has 0 unspecified atom stereocenters. The van der Waals surface area contributed by atoms with Crippen LogP contribution in [0.5, 0.6) is 0 Å². The molecule has 23 heavy (non-hydrogen) atoms. The summed E-state index contributed by atoms with van der Waals surface area (Å²) >= 11 is 0. The first-order valence-corrected chi connectivity index (χ1v) is 7.02. The van der Waals surface area contributed by atoms with E-state index in [0.29, 0.717) is 11.5 Å². The molecule has 3 rings (SSSR count). The smallest absolute Gasteiger partial charge is 0.263 e. The van der Waals surface area contributed by atoms with Crippen LogP contribution in [0.15, 0.2) is 53.8 Å². The molecule has 0 bridgehead atoms. The summed E-state index contributed by atoms with van der Waals surface area (Å²) in [6.45, 7) is 1.74. The van der Waals surface area contributed by atoms with Crippen molar-refractivity contribution >= 4 is 11.6 Å². The largest absolute Gasteiger partial charge is 0.360 e. The van der Waals surface area contributed by atoms with Gasteiger partial charge in [0.05, 0.1) is 11.4 Å².